The van der Waals surface area contributed by atoms with Crippen molar-refractivity contribution in [1.82, 2.24) is 5.32 Å². The number of ketones is 1. The summed E-state index contributed by atoms with van der Waals surface area (Å²) in [5.74, 6) is 0.199. The number of benzene rings is 2. The Kier molecular flexibility index (Phi) is 9.00. The van der Waals surface area contributed by atoms with Crippen LogP contribution in [0.1, 0.15) is 73.8 Å². The number of hydrogen-bond acceptors (Lipinski definition) is 2. The van der Waals surface area contributed by atoms with Crippen LogP contribution in [0.2, 0.25) is 0 Å². The van der Waals surface area contributed by atoms with Gasteiger partial charge in [0.05, 0.1) is 0 Å². The van der Waals surface area contributed by atoms with Crippen LogP contribution in [-0.4, -0.2) is 12.3 Å². The summed E-state index contributed by atoms with van der Waals surface area (Å²) in [6, 6.07) is 20.0. The molecule has 2 nitrogen and oxygen atoms in total. The summed E-state index contributed by atoms with van der Waals surface area (Å²) < 4.78 is 0. The van der Waals surface area contributed by atoms with Crippen LogP contribution in [0.5, 0.6) is 0 Å². The molecule has 0 aliphatic heterocycles. The van der Waals surface area contributed by atoms with Gasteiger partial charge in [-0.15, -0.1) is 0 Å². The molecular formula is C23H31NO. The molecule has 0 heterocycles. The topological polar surface area (TPSA) is 29.1 Å². The molecule has 0 bridgehead atoms. The molecule has 134 valence electrons. The Labute approximate surface area is 152 Å². The van der Waals surface area contributed by atoms with Gasteiger partial charge in [-0.3, -0.25) is 4.79 Å². The van der Waals surface area contributed by atoms with Gasteiger partial charge in [-0.1, -0.05) is 99.7 Å². The van der Waals surface area contributed by atoms with Gasteiger partial charge in [0, 0.05) is 18.0 Å². The second-order valence-corrected chi connectivity index (χ2v) is 6.68. The van der Waals surface area contributed by atoms with Crippen LogP contribution in [-0.2, 0) is 0 Å². The second-order valence-electron chi connectivity index (χ2n) is 6.68. The van der Waals surface area contributed by atoms with Crippen LogP contribution in [0.25, 0.3) is 0 Å². The van der Waals surface area contributed by atoms with E-state index in [-0.39, 0.29) is 11.8 Å². The van der Waals surface area contributed by atoms with Crippen LogP contribution in [0.4, 0.5) is 0 Å². The van der Waals surface area contributed by atoms with Crippen LogP contribution in [0.15, 0.2) is 60.7 Å². The zero-order valence-corrected chi connectivity index (χ0v) is 15.4. The fourth-order valence-electron chi connectivity index (χ4n) is 3.10. The monoisotopic (exact) mass is 337 g/mol. The minimum Gasteiger partial charge on any atom is -0.310 e. The first-order valence-corrected chi connectivity index (χ1v) is 9.68. The number of nitrogens with one attached hydrogen (secondary N) is 1. The highest BCUT2D eigenvalue weighted by molar-refractivity contribution is 5.96. The van der Waals surface area contributed by atoms with Gasteiger partial charge in [0.15, 0.2) is 5.78 Å². The SMILES string of the molecule is CCCCCCCCNC(CC(=O)c1ccccc1)c1ccccc1. The Morgan fingerprint density at radius 1 is 0.840 bits per heavy atom. The molecule has 1 unspecified atom stereocenters. The number of hydrogen-bond donors (Lipinski definition) is 1. The minimum atomic E-state index is 0.0875. The Hall–Kier alpha value is -1.93. The molecule has 2 aromatic carbocycles. The summed E-state index contributed by atoms with van der Waals surface area (Å²) in [6.07, 6.45) is 8.22. The van der Waals surface area contributed by atoms with E-state index in [1.54, 1.807) is 0 Å². The molecular weight excluding hydrogens is 306 g/mol. The first-order valence-electron chi connectivity index (χ1n) is 9.68. The van der Waals surface area contributed by atoms with E-state index in [1.165, 1.54) is 44.1 Å². The zero-order chi connectivity index (χ0) is 17.7. The van der Waals surface area contributed by atoms with Gasteiger partial charge in [0.1, 0.15) is 0 Å². The smallest absolute Gasteiger partial charge is 0.164 e. The number of carbonyl (C=O) groups is 1. The quantitative estimate of drug-likeness (QED) is 0.383. The summed E-state index contributed by atoms with van der Waals surface area (Å²) in [5, 5.41) is 3.61. The van der Waals surface area contributed by atoms with Crippen LogP contribution >= 0.6 is 0 Å². The molecule has 0 saturated carbocycles. The third-order valence-electron chi connectivity index (χ3n) is 4.61. The molecule has 1 N–H and O–H groups in total. The first-order chi connectivity index (χ1) is 12.3. The standard InChI is InChI=1S/C23H31NO/c1-2-3-4-5-6-13-18-24-22(20-14-9-7-10-15-20)19-23(25)21-16-11-8-12-17-21/h7-12,14-17,22,24H,2-6,13,18-19H2,1H3. The molecule has 0 aromatic heterocycles. The van der Waals surface area contributed by atoms with Crippen LogP contribution < -0.4 is 5.32 Å². The van der Waals surface area contributed by atoms with Gasteiger partial charge in [0.2, 0.25) is 0 Å². The van der Waals surface area contributed by atoms with E-state index in [1.807, 2.05) is 48.5 Å². The Morgan fingerprint density at radius 2 is 1.44 bits per heavy atom. The minimum absolute atomic E-state index is 0.0875. The maximum atomic E-state index is 12.6. The number of Topliss-reactive ketones (excluding diaryl/α,β-unsaturated/α-hetero) is 1. The molecule has 0 amide bonds. The van der Waals surface area contributed by atoms with E-state index in [2.05, 4.69) is 24.4 Å². The Morgan fingerprint density at radius 3 is 2.12 bits per heavy atom. The predicted octanol–water partition coefficient (Wildman–Crippen LogP) is 5.95. The highest BCUT2D eigenvalue weighted by Crippen LogP contribution is 2.19. The zero-order valence-electron chi connectivity index (χ0n) is 15.4. The Bertz CT molecular complexity index is 594. The largest absolute Gasteiger partial charge is 0.310 e. The molecule has 0 radical (unpaired) electrons. The fraction of sp³-hybridized carbons (Fsp3) is 0.435. The average Bonchev–Trinajstić information content (AvgIpc) is 2.67. The van der Waals surface area contributed by atoms with E-state index in [4.69, 9.17) is 0 Å². The lowest BCUT2D eigenvalue weighted by Gasteiger charge is -2.19. The van der Waals surface area contributed by atoms with Crippen molar-refractivity contribution < 1.29 is 4.79 Å². The van der Waals surface area contributed by atoms with Gasteiger partial charge in [0.25, 0.3) is 0 Å². The van der Waals surface area contributed by atoms with Crippen molar-refractivity contribution in [2.75, 3.05) is 6.54 Å². The second kappa shape index (κ2) is 11.6. The molecule has 0 spiro atoms. The number of rotatable bonds is 12. The van der Waals surface area contributed by atoms with Gasteiger partial charge in [-0.2, -0.15) is 0 Å². The average molecular weight is 338 g/mol. The highest BCUT2D eigenvalue weighted by Gasteiger charge is 2.16. The first kappa shape index (κ1) is 19.4. The summed E-state index contributed by atoms with van der Waals surface area (Å²) >= 11 is 0. The fourth-order valence-corrected chi connectivity index (χ4v) is 3.10. The van der Waals surface area contributed by atoms with E-state index < -0.39 is 0 Å². The van der Waals surface area contributed by atoms with Crippen molar-refractivity contribution in [3.63, 3.8) is 0 Å². The van der Waals surface area contributed by atoms with Crippen LogP contribution in [0.3, 0.4) is 0 Å². The van der Waals surface area contributed by atoms with Gasteiger partial charge < -0.3 is 5.32 Å². The van der Waals surface area contributed by atoms with Gasteiger partial charge in [-0.05, 0) is 18.5 Å². The van der Waals surface area contributed by atoms with E-state index in [0.29, 0.717) is 6.42 Å². The van der Waals surface area contributed by atoms with Crippen molar-refractivity contribution in [2.24, 2.45) is 0 Å². The third kappa shape index (κ3) is 7.23. The number of carbonyl (C=O) groups excluding carboxylic acids is 1. The summed E-state index contributed by atoms with van der Waals surface area (Å²) in [6.45, 7) is 3.21. The molecule has 1 atom stereocenters. The normalized spacial score (nSPS) is 12.0. The van der Waals surface area contributed by atoms with E-state index in [0.717, 1.165) is 12.1 Å². The maximum absolute atomic E-state index is 12.6. The van der Waals surface area contributed by atoms with Crippen molar-refractivity contribution in [2.45, 2.75) is 57.9 Å². The molecule has 2 rings (SSSR count). The van der Waals surface area contributed by atoms with Crippen molar-refractivity contribution in [3.05, 3.63) is 71.8 Å². The molecule has 25 heavy (non-hydrogen) atoms. The molecule has 2 heteroatoms. The molecule has 0 saturated heterocycles. The summed E-state index contributed by atoms with van der Waals surface area (Å²) in [5.41, 5.74) is 1.99. The van der Waals surface area contributed by atoms with Crippen molar-refractivity contribution in [3.8, 4) is 0 Å². The lowest BCUT2D eigenvalue weighted by atomic mass is 9.97. The highest BCUT2D eigenvalue weighted by atomic mass is 16.1. The van der Waals surface area contributed by atoms with Gasteiger partial charge in [-0.25, -0.2) is 0 Å². The maximum Gasteiger partial charge on any atom is 0.164 e. The summed E-state index contributed by atoms with van der Waals surface area (Å²) in [4.78, 5) is 12.6. The van der Waals surface area contributed by atoms with Crippen molar-refractivity contribution >= 4 is 5.78 Å². The number of unbranched alkanes of at least 4 members (excludes halogenated alkanes) is 5. The molecule has 2 aromatic rings. The third-order valence-corrected chi connectivity index (χ3v) is 4.61. The lowest BCUT2D eigenvalue weighted by Crippen LogP contribution is -2.25. The predicted molar refractivity (Wildman–Crippen MR) is 106 cm³/mol. The van der Waals surface area contributed by atoms with E-state index in [9.17, 15) is 4.79 Å². The lowest BCUT2D eigenvalue weighted by molar-refractivity contribution is 0.0968. The Balaban J connectivity index is 1.87. The van der Waals surface area contributed by atoms with Crippen molar-refractivity contribution in [1.29, 1.82) is 0 Å². The molecule has 0 fully saturated rings. The van der Waals surface area contributed by atoms with Crippen LogP contribution in [0, 0.1) is 0 Å². The van der Waals surface area contributed by atoms with Gasteiger partial charge >= 0.3 is 0 Å². The summed E-state index contributed by atoms with van der Waals surface area (Å²) in [7, 11) is 0. The molecule has 0 aliphatic carbocycles. The molecule has 0 aliphatic rings. The van der Waals surface area contributed by atoms with E-state index >= 15 is 0 Å².